The highest BCUT2D eigenvalue weighted by atomic mass is 32.2. The van der Waals surface area contributed by atoms with E-state index in [2.05, 4.69) is 34.6 Å². The lowest BCUT2D eigenvalue weighted by Gasteiger charge is -2.49. The predicted molar refractivity (Wildman–Crippen MR) is 117 cm³/mol. The van der Waals surface area contributed by atoms with E-state index in [4.69, 9.17) is 21.7 Å². The van der Waals surface area contributed by atoms with Gasteiger partial charge in [-0.2, -0.15) is 0 Å². The molecule has 2 aliphatic heterocycles. The zero-order valence-corrected chi connectivity index (χ0v) is 19.9. The molecule has 2 heterocycles. The van der Waals surface area contributed by atoms with E-state index in [1.54, 1.807) is 25.6 Å². The van der Waals surface area contributed by atoms with Gasteiger partial charge in [0, 0.05) is 30.9 Å². The smallest absolute Gasteiger partial charge is 0.333 e. The second kappa shape index (κ2) is 8.90. The van der Waals surface area contributed by atoms with Crippen LogP contribution < -0.4 is 0 Å². The van der Waals surface area contributed by atoms with Crippen molar-refractivity contribution in [2.75, 3.05) is 0 Å². The van der Waals surface area contributed by atoms with E-state index < -0.39 is 11.8 Å². The second-order valence-electron chi connectivity index (χ2n) is 8.92. The molecule has 4 atom stereocenters. The summed E-state index contributed by atoms with van der Waals surface area (Å²) in [5.41, 5.74) is 0. The number of nitrogens with zero attached hydrogens (tertiary/aromatic N) is 1. The number of carbonyl (C=O) groups is 2. The number of fused-ring (bicyclic) bond motifs is 1. The van der Waals surface area contributed by atoms with Crippen molar-refractivity contribution in [2.24, 2.45) is 11.8 Å². The number of hydrogen-bond acceptors (Lipinski definition) is 6. The van der Waals surface area contributed by atoms with E-state index >= 15 is 0 Å². The van der Waals surface area contributed by atoms with Crippen LogP contribution in [0.1, 0.15) is 80.6 Å². The lowest BCUT2D eigenvalue weighted by Crippen LogP contribution is -2.64. The lowest BCUT2D eigenvalue weighted by atomic mass is 9.82. The molecule has 0 bridgehead atoms. The Bertz CT molecular complexity index is 620. The molecule has 0 spiro atoms. The van der Waals surface area contributed by atoms with Crippen molar-refractivity contribution >= 4 is 40.9 Å². The van der Waals surface area contributed by atoms with E-state index in [1.165, 1.54) is 0 Å². The zero-order valence-electron chi connectivity index (χ0n) is 18.2. The van der Waals surface area contributed by atoms with Crippen molar-refractivity contribution in [3.63, 3.8) is 0 Å². The van der Waals surface area contributed by atoms with Crippen LogP contribution in [-0.2, 0) is 19.1 Å². The minimum absolute atomic E-state index is 0.217. The summed E-state index contributed by atoms with van der Waals surface area (Å²) in [5, 5.41) is 0.217. The molecule has 0 amide bonds. The summed E-state index contributed by atoms with van der Waals surface area (Å²) in [7, 11) is 0. The van der Waals surface area contributed by atoms with Crippen LogP contribution >= 0.6 is 24.0 Å². The first-order chi connectivity index (χ1) is 12.9. The van der Waals surface area contributed by atoms with Crippen LogP contribution in [0.3, 0.4) is 0 Å². The van der Waals surface area contributed by atoms with Crippen LogP contribution in [0.15, 0.2) is 0 Å². The van der Waals surface area contributed by atoms with Gasteiger partial charge in [-0.15, -0.1) is 11.8 Å². The van der Waals surface area contributed by atoms with Gasteiger partial charge in [-0.3, -0.25) is 4.79 Å². The highest BCUT2D eigenvalue weighted by Crippen LogP contribution is 2.56. The number of thiocarbonyl (C=S) groups is 1. The van der Waals surface area contributed by atoms with Gasteiger partial charge >= 0.3 is 11.9 Å². The molecule has 2 rings (SSSR count). The van der Waals surface area contributed by atoms with Gasteiger partial charge in [-0.25, -0.2) is 4.79 Å². The maximum atomic E-state index is 13.1. The fraction of sp³-hybridized carbons (Fsp3) is 0.857. The van der Waals surface area contributed by atoms with Crippen LogP contribution in [0.2, 0.25) is 0 Å². The first kappa shape index (κ1) is 23.5. The molecule has 0 aromatic heterocycles. The quantitative estimate of drug-likeness (QED) is 0.223. The highest BCUT2D eigenvalue weighted by molar-refractivity contribution is 8.01. The van der Waals surface area contributed by atoms with Gasteiger partial charge in [0.05, 0.1) is 10.4 Å². The Morgan fingerprint density at radius 1 is 1.25 bits per heavy atom. The Hall–Kier alpha value is -0.820. The van der Waals surface area contributed by atoms with Gasteiger partial charge in [-0.1, -0.05) is 52.3 Å². The molecular formula is C21H35NO4S2. The van der Waals surface area contributed by atoms with Crippen molar-refractivity contribution in [3.8, 4) is 0 Å². The van der Waals surface area contributed by atoms with Gasteiger partial charge in [0.15, 0.2) is 0 Å². The summed E-state index contributed by atoms with van der Waals surface area (Å²) in [6.45, 7) is 13.8. The largest absolute Gasteiger partial charge is 0.423 e. The Kier molecular flexibility index (Phi) is 7.46. The third-order valence-corrected chi connectivity index (χ3v) is 7.73. The van der Waals surface area contributed by atoms with Gasteiger partial charge in [0.2, 0.25) is 0 Å². The summed E-state index contributed by atoms with van der Waals surface area (Å²) >= 11 is 7.47. The van der Waals surface area contributed by atoms with Crippen molar-refractivity contribution in [1.29, 1.82) is 0 Å². The number of hydrogen-bond donors (Lipinski definition) is 0. The second-order valence-corrected chi connectivity index (χ2v) is 11.1. The first-order valence-electron chi connectivity index (χ1n) is 10.4. The fourth-order valence-electron chi connectivity index (χ4n) is 3.96. The van der Waals surface area contributed by atoms with Crippen LogP contribution in [0.4, 0.5) is 0 Å². The Morgan fingerprint density at radius 3 is 2.46 bits per heavy atom. The summed E-state index contributed by atoms with van der Waals surface area (Å²) in [6, 6.07) is -0.464. The first-order valence-corrected chi connectivity index (χ1v) is 11.7. The molecule has 0 N–H and O–H groups in total. The molecule has 2 aliphatic rings. The number of esters is 2. The zero-order chi connectivity index (χ0) is 21.3. The minimum atomic E-state index is -1.29. The molecule has 2 saturated heterocycles. The lowest BCUT2D eigenvalue weighted by molar-refractivity contribution is -0.219. The molecule has 28 heavy (non-hydrogen) atoms. The van der Waals surface area contributed by atoms with E-state index in [0.29, 0.717) is 18.3 Å². The summed E-state index contributed by atoms with van der Waals surface area (Å²) in [6.07, 6.45) is 4.20. The Labute approximate surface area is 179 Å². The molecule has 0 saturated carbocycles. The molecule has 2 fully saturated rings. The maximum Gasteiger partial charge on any atom is 0.333 e. The Balaban J connectivity index is 2.03. The van der Waals surface area contributed by atoms with Crippen LogP contribution in [-0.4, -0.2) is 43.8 Å². The SMILES string of the molecule is CCCCCC(=O)OC(C)(C)OC(=O)[C@@H]1N2C(=S)[C@@H](C(C)CC)[C@H]2SC1(C)C. The molecule has 7 heteroatoms. The number of carbonyl (C=O) groups excluding carboxylic acids is 2. The highest BCUT2D eigenvalue weighted by Gasteiger charge is 2.63. The number of ether oxygens (including phenoxy) is 2. The van der Waals surface area contributed by atoms with Gasteiger partial charge in [-0.05, 0) is 26.2 Å². The molecule has 1 unspecified atom stereocenters. The van der Waals surface area contributed by atoms with Crippen molar-refractivity contribution in [1.82, 2.24) is 4.90 Å². The van der Waals surface area contributed by atoms with Crippen molar-refractivity contribution < 1.29 is 19.1 Å². The maximum absolute atomic E-state index is 13.1. The minimum Gasteiger partial charge on any atom is -0.423 e. The van der Waals surface area contributed by atoms with Crippen molar-refractivity contribution in [3.05, 3.63) is 0 Å². The topological polar surface area (TPSA) is 55.8 Å². The van der Waals surface area contributed by atoms with E-state index in [9.17, 15) is 9.59 Å². The predicted octanol–water partition coefficient (Wildman–Crippen LogP) is 4.91. The number of rotatable bonds is 9. The van der Waals surface area contributed by atoms with Crippen LogP contribution in [0.5, 0.6) is 0 Å². The molecule has 0 radical (unpaired) electrons. The normalized spacial score (nSPS) is 27.0. The Morgan fingerprint density at radius 2 is 1.89 bits per heavy atom. The third-order valence-electron chi connectivity index (χ3n) is 5.65. The van der Waals surface area contributed by atoms with E-state index in [0.717, 1.165) is 30.7 Å². The third kappa shape index (κ3) is 4.84. The van der Waals surface area contributed by atoms with Crippen LogP contribution in [0, 0.1) is 11.8 Å². The molecule has 0 aromatic carbocycles. The summed E-state index contributed by atoms with van der Waals surface area (Å²) < 4.78 is 10.8. The van der Waals surface area contributed by atoms with Gasteiger partial charge in [0.25, 0.3) is 5.79 Å². The van der Waals surface area contributed by atoms with E-state index in [1.807, 2.05) is 4.90 Å². The number of thioether (sulfide) groups is 1. The molecule has 0 aromatic rings. The van der Waals surface area contributed by atoms with E-state index in [-0.39, 0.29) is 22.1 Å². The van der Waals surface area contributed by atoms with Gasteiger partial charge < -0.3 is 14.4 Å². The molecular weight excluding hydrogens is 394 g/mol. The van der Waals surface area contributed by atoms with Crippen molar-refractivity contribution in [2.45, 2.75) is 103 Å². The summed E-state index contributed by atoms with van der Waals surface area (Å²) in [5.74, 6) is -1.18. The monoisotopic (exact) mass is 429 g/mol. The molecule has 160 valence electrons. The average molecular weight is 430 g/mol. The average Bonchev–Trinajstić information content (AvgIpc) is 2.81. The molecule has 0 aliphatic carbocycles. The molecule has 5 nitrogen and oxygen atoms in total. The fourth-order valence-corrected chi connectivity index (χ4v) is 6.55. The standard InChI is InChI=1S/C21H35NO4S2/c1-8-10-11-12-14(23)25-21(6,7)26-19(24)16-20(4,5)28-18-15(13(3)9-2)17(27)22(16)18/h13,15-16,18H,8-12H2,1-7H3/t13?,15-,16+,18-/m1/s1. The van der Waals surface area contributed by atoms with Crippen LogP contribution in [0.25, 0.3) is 0 Å². The summed E-state index contributed by atoms with van der Waals surface area (Å²) in [4.78, 5) is 28.0. The number of unbranched alkanes of at least 4 members (excludes halogenated alkanes) is 2. The van der Waals surface area contributed by atoms with Gasteiger partial charge in [0.1, 0.15) is 6.04 Å².